The number of ether oxygens (including phenoxy) is 1. The van der Waals surface area contributed by atoms with Gasteiger partial charge in [-0.3, -0.25) is 4.68 Å². The topological polar surface area (TPSA) is 39.1 Å². The van der Waals surface area contributed by atoms with Crippen LogP contribution in [0.4, 0.5) is 5.69 Å². The zero-order chi connectivity index (χ0) is 14.5. The maximum Gasteiger partial charge on any atom is 0.121 e. The van der Waals surface area contributed by atoms with E-state index in [1.807, 2.05) is 22.9 Å². The van der Waals surface area contributed by atoms with Gasteiger partial charge in [-0.25, -0.2) is 0 Å². The minimum atomic E-state index is 0.684. The van der Waals surface area contributed by atoms with Gasteiger partial charge in [-0.15, -0.1) is 0 Å². The van der Waals surface area contributed by atoms with E-state index in [2.05, 4.69) is 30.3 Å². The number of aryl methyl sites for hydroxylation is 2. The molecule has 2 aromatic rings. The Hall–Kier alpha value is -1.68. The van der Waals surface area contributed by atoms with E-state index in [-0.39, 0.29) is 0 Å². The highest BCUT2D eigenvalue weighted by Crippen LogP contribution is 2.27. The lowest BCUT2D eigenvalue weighted by atomic mass is 10.2. The lowest BCUT2D eigenvalue weighted by Crippen LogP contribution is -2.08. The first kappa shape index (κ1) is 14.7. The number of benzene rings is 1. The van der Waals surface area contributed by atoms with Gasteiger partial charge in [0.25, 0.3) is 0 Å². The molecule has 108 valence electrons. The molecule has 1 heterocycles. The molecule has 0 saturated carbocycles. The van der Waals surface area contributed by atoms with Gasteiger partial charge in [-0.05, 0) is 31.5 Å². The van der Waals surface area contributed by atoms with Crippen molar-refractivity contribution in [1.82, 2.24) is 9.78 Å². The molecule has 0 atom stereocenters. The molecule has 20 heavy (non-hydrogen) atoms. The molecule has 0 amide bonds. The summed E-state index contributed by atoms with van der Waals surface area (Å²) in [4.78, 5) is 0. The maximum absolute atomic E-state index is 6.19. The van der Waals surface area contributed by atoms with Crippen LogP contribution in [0.1, 0.15) is 25.2 Å². The predicted molar refractivity (Wildman–Crippen MR) is 82.6 cm³/mol. The molecule has 0 aliphatic rings. The van der Waals surface area contributed by atoms with E-state index in [4.69, 9.17) is 16.3 Å². The fourth-order valence-electron chi connectivity index (χ4n) is 2.06. The molecular weight excluding hydrogens is 274 g/mol. The molecule has 4 nitrogen and oxygen atoms in total. The smallest absolute Gasteiger partial charge is 0.121 e. The first-order chi connectivity index (χ1) is 9.67. The molecule has 5 heteroatoms. The van der Waals surface area contributed by atoms with E-state index in [0.717, 1.165) is 35.8 Å². The fourth-order valence-corrected chi connectivity index (χ4v) is 2.24. The monoisotopic (exact) mass is 293 g/mol. The molecule has 0 fully saturated rings. The third-order valence-corrected chi connectivity index (χ3v) is 3.54. The number of nitrogens with zero attached hydrogens (tertiary/aromatic N) is 2. The van der Waals surface area contributed by atoms with Crippen LogP contribution in [-0.2, 0) is 19.5 Å². The Kier molecular flexibility index (Phi) is 4.90. The van der Waals surface area contributed by atoms with Gasteiger partial charge in [-0.1, -0.05) is 18.5 Å². The van der Waals surface area contributed by atoms with Gasteiger partial charge in [0.1, 0.15) is 5.75 Å². The Labute approximate surface area is 124 Å². The highest BCUT2D eigenvalue weighted by Gasteiger charge is 2.07. The number of rotatable bonds is 6. The van der Waals surface area contributed by atoms with Crippen molar-refractivity contribution in [2.24, 2.45) is 0 Å². The molecule has 0 aliphatic carbocycles. The van der Waals surface area contributed by atoms with Crippen LogP contribution in [0.2, 0.25) is 5.02 Å². The summed E-state index contributed by atoms with van der Waals surface area (Å²) in [6.07, 6.45) is 0.944. The van der Waals surface area contributed by atoms with Gasteiger partial charge < -0.3 is 10.1 Å². The van der Waals surface area contributed by atoms with E-state index >= 15 is 0 Å². The molecule has 1 aromatic heterocycles. The number of hydrogen-bond donors (Lipinski definition) is 1. The van der Waals surface area contributed by atoms with E-state index in [9.17, 15) is 0 Å². The molecule has 0 saturated heterocycles. The minimum absolute atomic E-state index is 0.684. The lowest BCUT2D eigenvalue weighted by Gasteiger charge is -2.11. The summed E-state index contributed by atoms with van der Waals surface area (Å²) in [5.41, 5.74) is 3.14. The van der Waals surface area contributed by atoms with Crippen molar-refractivity contribution in [3.05, 3.63) is 40.7 Å². The van der Waals surface area contributed by atoms with Crippen LogP contribution in [0.15, 0.2) is 24.3 Å². The number of methoxy groups -OCH3 is 1. The van der Waals surface area contributed by atoms with Crippen LogP contribution < -0.4 is 10.1 Å². The summed E-state index contributed by atoms with van der Waals surface area (Å²) >= 11 is 6.19. The average molecular weight is 294 g/mol. The number of nitrogens with one attached hydrogen (secondary N) is 1. The predicted octanol–water partition coefficient (Wildman–Crippen LogP) is 3.74. The summed E-state index contributed by atoms with van der Waals surface area (Å²) in [6.45, 7) is 5.75. The molecule has 2 rings (SSSR count). The SMILES string of the molecule is CCc1cc(CNc2cc(OC)ccc2Cl)n(CC)n1. The summed E-state index contributed by atoms with van der Waals surface area (Å²) in [7, 11) is 1.65. The maximum atomic E-state index is 6.19. The first-order valence-electron chi connectivity index (χ1n) is 6.81. The number of aromatic nitrogens is 2. The second-order valence-electron chi connectivity index (χ2n) is 4.50. The minimum Gasteiger partial charge on any atom is -0.497 e. The molecule has 1 N–H and O–H groups in total. The first-order valence-corrected chi connectivity index (χ1v) is 7.18. The fraction of sp³-hybridized carbons (Fsp3) is 0.400. The van der Waals surface area contributed by atoms with Crippen LogP contribution in [-0.4, -0.2) is 16.9 Å². The molecular formula is C15H20ClN3O. The Morgan fingerprint density at radius 1 is 1.30 bits per heavy atom. The van der Waals surface area contributed by atoms with Gasteiger partial charge in [0.2, 0.25) is 0 Å². The summed E-state index contributed by atoms with van der Waals surface area (Å²) < 4.78 is 7.23. The van der Waals surface area contributed by atoms with Crippen LogP contribution >= 0.6 is 11.6 Å². The van der Waals surface area contributed by atoms with E-state index in [1.165, 1.54) is 0 Å². The quantitative estimate of drug-likeness (QED) is 0.882. The van der Waals surface area contributed by atoms with Crippen molar-refractivity contribution >= 4 is 17.3 Å². The van der Waals surface area contributed by atoms with Gasteiger partial charge >= 0.3 is 0 Å². The van der Waals surface area contributed by atoms with Crippen LogP contribution in [0, 0.1) is 0 Å². The normalized spacial score (nSPS) is 10.6. The zero-order valence-electron chi connectivity index (χ0n) is 12.1. The Morgan fingerprint density at radius 2 is 2.10 bits per heavy atom. The van der Waals surface area contributed by atoms with Crippen LogP contribution in [0.3, 0.4) is 0 Å². The molecule has 0 spiro atoms. The molecule has 0 unspecified atom stereocenters. The Morgan fingerprint density at radius 3 is 2.75 bits per heavy atom. The summed E-state index contributed by atoms with van der Waals surface area (Å²) in [6, 6.07) is 7.70. The second-order valence-corrected chi connectivity index (χ2v) is 4.90. The van der Waals surface area contributed by atoms with Crippen molar-refractivity contribution in [3.63, 3.8) is 0 Å². The third-order valence-electron chi connectivity index (χ3n) is 3.21. The van der Waals surface area contributed by atoms with Crippen molar-refractivity contribution in [2.45, 2.75) is 33.4 Å². The molecule has 0 bridgehead atoms. The molecule has 0 aliphatic heterocycles. The van der Waals surface area contributed by atoms with Crippen LogP contribution in [0.5, 0.6) is 5.75 Å². The highest BCUT2D eigenvalue weighted by atomic mass is 35.5. The Bertz CT molecular complexity index is 580. The second kappa shape index (κ2) is 6.66. The largest absolute Gasteiger partial charge is 0.497 e. The van der Waals surface area contributed by atoms with E-state index in [1.54, 1.807) is 7.11 Å². The molecule has 0 radical (unpaired) electrons. The third kappa shape index (κ3) is 3.25. The number of anilines is 1. The van der Waals surface area contributed by atoms with Crippen molar-refractivity contribution in [1.29, 1.82) is 0 Å². The zero-order valence-corrected chi connectivity index (χ0v) is 12.9. The summed E-state index contributed by atoms with van der Waals surface area (Å²) in [5.74, 6) is 0.787. The van der Waals surface area contributed by atoms with Crippen molar-refractivity contribution in [2.75, 3.05) is 12.4 Å². The van der Waals surface area contributed by atoms with E-state index in [0.29, 0.717) is 11.6 Å². The standard InChI is InChI=1S/C15H20ClN3O/c1-4-11-8-12(19(5-2)18-11)10-17-15-9-13(20-3)6-7-14(15)16/h6-9,17H,4-5,10H2,1-3H3. The lowest BCUT2D eigenvalue weighted by molar-refractivity contribution is 0.415. The van der Waals surface area contributed by atoms with Crippen molar-refractivity contribution < 1.29 is 4.74 Å². The number of halogens is 1. The highest BCUT2D eigenvalue weighted by molar-refractivity contribution is 6.33. The van der Waals surface area contributed by atoms with Gasteiger partial charge in [0.05, 0.1) is 35.8 Å². The van der Waals surface area contributed by atoms with Gasteiger partial charge in [0.15, 0.2) is 0 Å². The van der Waals surface area contributed by atoms with E-state index < -0.39 is 0 Å². The number of hydrogen-bond acceptors (Lipinski definition) is 3. The van der Waals surface area contributed by atoms with Crippen LogP contribution in [0.25, 0.3) is 0 Å². The summed E-state index contributed by atoms with van der Waals surface area (Å²) in [5, 5.41) is 8.56. The van der Waals surface area contributed by atoms with Gasteiger partial charge in [-0.2, -0.15) is 5.10 Å². The van der Waals surface area contributed by atoms with Crippen molar-refractivity contribution in [3.8, 4) is 5.75 Å². The average Bonchev–Trinajstić information content (AvgIpc) is 2.89. The molecule has 1 aromatic carbocycles. The Balaban J connectivity index is 2.14. The van der Waals surface area contributed by atoms with Gasteiger partial charge in [0, 0.05) is 12.6 Å².